The molecule has 0 amide bonds. The van der Waals surface area contributed by atoms with Crippen molar-refractivity contribution in [3.05, 3.63) is 34.6 Å². The summed E-state index contributed by atoms with van der Waals surface area (Å²) in [5, 5.41) is 10.6. The molecule has 0 atom stereocenters. The average Bonchev–Trinajstić information content (AvgIpc) is 2.41. The zero-order valence-electron chi connectivity index (χ0n) is 10.7. The third-order valence-corrected chi connectivity index (χ3v) is 4.11. The van der Waals surface area contributed by atoms with Gasteiger partial charge in [0.25, 0.3) is 0 Å². The van der Waals surface area contributed by atoms with Crippen LogP contribution < -0.4 is 0 Å². The van der Waals surface area contributed by atoms with Gasteiger partial charge in [0.1, 0.15) is 5.82 Å². The molecule has 0 radical (unpaired) electrons. The monoisotopic (exact) mass is 286 g/mol. The standard InChI is InChI=1S/C14H16ClFO3/c1-19-13(17)9-4-6-14(18,7-5-9)10-2-3-11(15)12(16)8-10/h2-3,8-9,18H,4-7H2,1H3. The Labute approximate surface area is 116 Å². The van der Waals surface area contributed by atoms with E-state index in [1.54, 1.807) is 6.07 Å². The summed E-state index contributed by atoms with van der Waals surface area (Å²) in [4.78, 5) is 11.4. The average molecular weight is 287 g/mol. The van der Waals surface area contributed by atoms with Gasteiger partial charge in [-0.25, -0.2) is 4.39 Å². The van der Waals surface area contributed by atoms with Crippen molar-refractivity contribution in [2.24, 2.45) is 5.92 Å². The SMILES string of the molecule is COC(=O)C1CCC(O)(c2ccc(Cl)c(F)c2)CC1. The van der Waals surface area contributed by atoms with Gasteiger partial charge in [-0.3, -0.25) is 4.79 Å². The molecule has 1 aliphatic rings. The lowest BCUT2D eigenvalue weighted by Gasteiger charge is -2.35. The van der Waals surface area contributed by atoms with Crippen LogP contribution in [-0.2, 0) is 15.1 Å². The first-order chi connectivity index (χ1) is 8.96. The molecule has 1 aromatic carbocycles. The highest BCUT2D eigenvalue weighted by molar-refractivity contribution is 6.30. The molecule has 0 saturated heterocycles. The third kappa shape index (κ3) is 2.90. The smallest absolute Gasteiger partial charge is 0.308 e. The van der Waals surface area contributed by atoms with Crippen molar-refractivity contribution in [1.29, 1.82) is 0 Å². The maximum absolute atomic E-state index is 13.4. The van der Waals surface area contributed by atoms with Crippen LogP contribution >= 0.6 is 11.6 Å². The summed E-state index contributed by atoms with van der Waals surface area (Å²) in [6.07, 6.45) is 1.89. The van der Waals surface area contributed by atoms with Crippen LogP contribution in [0.4, 0.5) is 4.39 Å². The molecule has 1 aromatic rings. The van der Waals surface area contributed by atoms with Crippen molar-refractivity contribution < 1.29 is 19.0 Å². The summed E-state index contributed by atoms with van der Waals surface area (Å²) < 4.78 is 18.1. The van der Waals surface area contributed by atoms with Crippen LogP contribution in [0.15, 0.2) is 18.2 Å². The van der Waals surface area contributed by atoms with Crippen LogP contribution in [0.2, 0.25) is 5.02 Å². The van der Waals surface area contributed by atoms with Crippen LogP contribution in [0.1, 0.15) is 31.2 Å². The van der Waals surface area contributed by atoms with Crippen molar-refractivity contribution in [2.75, 3.05) is 7.11 Å². The van der Waals surface area contributed by atoms with Gasteiger partial charge in [0.2, 0.25) is 0 Å². The van der Waals surface area contributed by atoms with E-state index in [4.69, 9.17) is 16.3 Å². The summed E-state index contributed by atoms with van der Waals surface area (Å²) in [5.41, 5.74) is -0.576. The van der Waals surface area contributed by atoms with Crippen molar-refractivity contribution in [3.8, 4) is 0 Å². The number of esters is 1. The van der Waals surface area contributed by atoms with Crippen LogP contribution in [0.3, 0.4) is 0 Å². The van der Waals surface area contributed by atoms with Gasteiger partial charge >= 0.3 is 5.97 Å². The maximum atomic E-state index is 13.4. The fourth-order valence-corrected chi connectivity index (χ4v) is 2.69. The van der Waals surface area contributed by atoms with Gasteiger partial charge in [-0.05, 0) is 43.4 Å². The van der Waals surface area contributed by atoms with E-state index in [-0.39, 0.29) is 16.9 Å². The number of methoxy groups -OCH3 is 1. The number of aliphatic hydroxyl groups is 1. The fourth-order valence-electron chi connectivity index (χ4n) is 2.57. The number of ether oxygens (including phenoxy) is 1. The van der Waals surface area contributed by atoms with Gasteiger partial charge in [0.05, 0.1) is 23.7 Å². The molecule has 2 rings (SSSR count). The van der Waals surface area contributed by atoms with Gasteiger partial charge in [0.15, 0.2) is 0 Å². The second-order valence-corrected chi connectivity index (χ2v) is 5.37. The van der Waals surface area contributed by atoms with E-state index < -0.39 is 11.4 Å². The Morgan fingerprint density at radius 1 is 1.47 bits per heavy atom. The maximum Gasteiger partial charge on any atom is 0.308 e. The molecule has 3 nitrogen and oxygen atoms in total. The highest BCUT2D eigenvalue weighted by Crippen LogP contribution is 2.40. The van der Waals surface area contributed by atoms with Gasteiger partial charge in [-0.2, -0.15) is 0 Å². The lowest BCUT2D eigenvalue weighted by atomic mass is 9.75. The topological polar surface area (TPSA) is 46.5 Å². The van der Waals surface area contributed by atoms with Gasteiger partial charge in [-0.15, -0.1) is 0 Å². The number of rotatable bonds is 2. The van der Waals surface area contributed by atoms with Crippen LogP contribution in [-0.4, -0.2) is 18.2 Å². The molecule has 1 aliphatic carbocycles. The molecule has 0 aliphatic heterocycles. The molecule has 1 fully saturated rings. The fraction of sp³-hybridized carbons (Fsp3) is 0.500. The first-order valence-electron chi connectivity index (χ1n) is 6.22. The highest BCUT2D eigenvalue weighted by atomic mass is 35.5. The second-order valence-electron chi connectivity index (χ2n) is 4.96. The van der Waals surface area contributed by atoms with E-state index in [0.717, 1.165) is 0 Å². The Kier molecular flexibility index (Phi) is 4.11. The third-order valence-electron chi connectivity index (χ3n) is 3.80. The molecule has 0 aromatic heterocycles. The summed E-state index contributed by atoms with van der Waals surface area (Å²) in [6.45, 7) is 0. The Morgan fingerprint density at radius 2 is 2.11 bits per heavy atom. The van der Waals surface area contributed by atoms with Crippen molar-refractivity contribution in [2.45, 2.75) is 31.3 Å². The van der Waals surface area contributed by atoms with E-state index in [1.165, 1.54) is 19.2 Å². The predicted molar refractivity (Wildman–Crippen MR) is 69.3 cm³/mol. The van der Waals surface area contributed by atoms with Gasteiger partial charge in [0, 0.05) is 0 Å². The minimum Gasteiger partial charge on any atom is -0.469 e. The summed E-state index contributed by atoms with van der Waals surface area (Å²) >= 11 is 5.63. The molecule has 1 saturated carbocycles. The van der Waals surface area contributed by atoms with Crippen LogP contribution in [0.25, 0.3) is 0 Å². The number of hydrogen-bond acceptors (Lipinski definition) is 3. The number of carbonyl (C=O) groups is 1. The molecule has 19 heavy (non-hydrogen) atoms. The van der Waals surface area contributed by atoms with Crippen molar-refractivity contribution in [1.82, 2.24) is 0 Å². The molecule has 0 heterocycles. The number of hydrogen-bond donors (Lipinski definition) is 1. The number of halogens is 2. The Hall–Kier alpha value is -1.13. The Balaban J connectivity index is 2.13. The van der Waals surface area contributed by atoms with Crippen molar-refractivity contribution >= 4 is 17.6 Å². The number of benzene rings is 1. The molecule has 0 spiro atoms. The summed E-state index contributed by atoms with van der Waals surface area (Å²) in [7, 11) is 1.36. The van der Waals surface area contributed by atoms with Gasteiger partial charge in [-0.1, -0.05) is 17.7 Å². The summed E-state index contributed by atoms with van der Waals surface area (Å²) in [5.74, 6) is -0.963. The number of carbonyl (C=O) groups excluding carboxylic acids is 1. The predicted octanol–water partition coefficient (Wildman–Crippen LogP) is 3.03. The van der Waals surface area contributed by atoms with E-state index in [9.17, 15) is 14.3 Å². The van der Waals surface area contributed by atoms with E-state index in [0.29, 0.717) is 31.2 Å². The molecule has 5 heteroatoms. The lowest BCUT2D eigenvalue weighted by Crippen LogP contribution is -2.34. The zero-order chi connectivity index (χ0) is 14.0. The molecule has 104 valence electrons. The Morgan fingerprint density at radius 3 is 2.63 bits per heavy atom. The molecular formula is C14H16ClFO3. The van der Waals surface area contributed by atoms with Crippen LogP contribution in [0.5, 0.6) is 0 Å². The normalized spacial score (nSPS) is 27.1. The quantitative estimate of drug-likeness (QED) is 0.850. The molecule has 0 unspecified atom stereocenters. The zero-order valence-corrected chi connectivity index (χ0v) is 11.4. The van der Waals surface area contributed by atoms with E-state index in [1.807, 2.05) is 0 Å². The van der Waals surface area contributed by atoms with Gasteiger partial charge < -0.3 is 9.84 Å². The molecule has 0 bridgehead atoms. The van der Waals surface area contributed by atoms with Crippen LogP contribution in [0, 0.1) is 11.7 Å². The summed E-state index contributed by atoms with van der Waals surface area (Å²) in [6, 6.07) is 4.33. The van der Waals surface area contributed by atoms with E-state index in [2.05, 4.69) is 0 Å². The van der Waals surface area contributed by atoms with Crippen molar-refractivity contribution in [3.63, 3.8) is 0 Å². The largest absolute Gasteiger partial charge is 0.469 e. The first-order valence-corrected chi connectivity index (χ1v) is 6.60. The minimum atomic E-state index is -1.09. The highest BCUT2D eigenvalue weighted by Gasteiger charge is 2.37. The molecular weight excluding hydrogens is 271 g/mol. The lowest BCUT2D eigenvalue weighted by molar-refractivity contribution is -0.148. The molecule has 1 N–H and O–H groups in total. The van der Waals surface area contributed by atoms with E-state index >= 15 is 0 Å². The minimum absolute atomic E-state index is 0.0376. The first kappa shape index (κ1) is 14.3. The Bertz CT molecular complexity index is 482. The second kappa shape index (κ2) is 5.47.